The molecule has 4 aromatic rings. The van der Waals surface area contributed by atoms with Gasteiger partial charge in [-0.25, -0.2) is 0 Å². The Morgan fingerprint density at radius 1 is 0.895 bits per heavy atom. The molecule has 0 bridgehead atoms. The van der Waals surface area contributed by atoms with Crippen LogP contribution in [0.1, 0.15) is 28.5 Å². The number of amides is 2. The molecule has 0 unspecified atom stereocenters. The van der Waals surface area contributed by atoms with Gasteiger partial charge in [-0.1, -0.05) is 42.5 Å². The van der Waals surface area contributed by atoms with Gasteiger partial charge in [-0.3, -0.25) is 9.59 Å². The van der Waals surface area contributed by atoms with Gasteiger partial charge in [-0.05, 0) is 42.8 Å². The molecule has 2 amide bonds. The van der Waals surface area contributed by atoms with Crippen molar-refractivity contribution in [3.8, 4) is 17.2 Å². The van der Waals surface area contributed by atoms with Gasteiger partial charge >= 0.3 is 0 Å². The molecule has 8 heteroatoms. The van der Waals surface area contributed by atoms with Crippen LogP contribution in [0.25, 0.3) is 10.9 Å². The number of hydrogen-bond acceptors (Lipinski definition) is 5. The molecule has 1 aliphatic rings. The van der Waals surface area contributed by atoms with Crippen molar-refractivity contribution in [2.24, 2.45) is 0 Å². The maximum Gasteiger partial charge on any atom is 0.271 e. The standard InChI is InChI=1S/C30H31N3O5/c1-30(29(35)31-17-22-10-6-8-12-25(22)36-2)19-32-23-11-7-5-9-21(23)16-24(32)28(34)33(30)18-20-13-14-26(37-3)27(15-20)38-4/h5-16H,17-19H2,1-4H3,(H,31,35)/t30-/m1/s1. The third kappa shape index (κ3) is 4.32. The maximum absolute atomic E-state index is 14.0. The van der Waals surface area contributed by atoms with Crippen molar-refractivity contribution in [2.75, 3.05) is 21.3 Å². The average molecular weight is 514 g/mol. The summed E-state index contributed by atoms with van der Waals surface area (Å²) in [4.78, 5) is 29.6. The number of carbonyl (C=O) groups excluding carboxylic acids is 2. The number of aromatic nitrogens is 1. The Morgan fingerprint density at radius 3 is 2.37 bits per heavy atom. The number of carbonyl (C=O) groups is 2. The lowest BCUT2D eigenvalue weighted by atomic mass is 9.93. The van der Waals surface area contributed by atoms with Gasteiger partial charge in [-0.2, -0.15) is 0 Å². The largest absolute Gasteiger partial charge is 0.496 e. The Balaban J connectivity index is 1.53. The third-order valence-electron chi connectivity index (χ3n) is 7.25. The molecule has 2 heterocycles. The van der Waals surface area contributed by atoms with E-state index in [2.05, 4.69) is 5.32 Å². The van der Waals surface area contributed by atoms with E-state index in [-0.39, 0.29) is 24.9 Å². The predicted molar refractivity (Wildman–Crippen MR) is 145 cm³/mol. The highest BCUT2D eigenvalue weighted by Crippen LogP contribution is 2.35. The van der Waals surface area contributed by atoms with E-state index in [1.165, 1.54) is 0 Å². The van der Waals surface area contributed by atoms with Gasteiger partial charge < -0.3 is 29.0 Å². The quantitative estimate of drug-likeness (QED) is 0.378. The Kier molecular flexibility index (Phi) is 6.72. The number of benzene rings is 3. The van der Waals surface area contributed by atoms with E-state index in [1.807, 2.05) is 78.2 Å². The van der Waals surface area contributed by atoms with Crippen molar-refractivity contribution in [3.05, 3.63) is 89.6 Å². The fourth-order valence-electron chi connectivity index (χ4n) is 5.13. The lowest BCUT2D eigenvalue weighted by Crippen LogP contribution is -2.63. The minimum Gasteiger partial charge on any atom is -0.496 e. The molecular weight excluding hydrogens is 482 g/mol. The second-order valence-corrected chi connectivity index (χ2v) is 9.52. The van der Waals surface area contributed by atoms with Gasteiger partial charge in [-0.15, -0.1) is 0 Å². The van der Waals surface area contributed by atoms with Crippen LogP contribution < -0.4 is 19.5 Å². The summed E-state index contributed by atoms with van der Waals surface area (Å²) in [5.41, 5.74) is 1.99. The molecule has 0 saturated carbocycles. The lowest BCUT2D eigenvalue weighted by molar-refractivity contribution is -0.133. The van der Waals surface area contributed by atoms with Gasteiger partial charge in [0.2, 0.25) is 5.91 Å². The van der Waals surface area contributed by atoms with Crippen molar-refractivity contribution in [3.63, 3.8) is 0 Å². The molecule has 3 aromatic carbocycles. The van der Waals surface area contributed by atoms with E-state index in [9.17, 15) is 9.59 Å². The zero-order chi connectivity index (χ0) is 26.9. The highest BCUT2D eigenvalue weighted by Gasteiger charge is 2.47. The molecule has 5 rings (SSSR count). The molecular formula is C30H31N3O5. The highest BCUT2D eigenvalue weighted by atomic mass is 16.5. The number of hydrogen-bond donors (Lipinski definition) is 1. The van der Waals surface area contributed by atoms with Crippen LogP contribution in [0.5, 0.6) is 17.2 Å². The van der Waals surface area contributed by atoms with E-state index in [0.717, 1.165) is 22.0 Å². The van der Waals surface area contributed by atoms with Crippen LogP contribution in [-0.2, 0) is 24.4 Å². The van der Waals surface area contributed by atoms with Crippen LogP contribution in [-0.4, -0.2) is 48.1 Å². The second-order valence-electron chi connectivity index (χ2n) is 9.52. The molecule has 0 radical (unpaired) electrons. The van der Waals surface area contributed by atoms with Gasteiger partial charge in [0.05, 0.1) is 27.9 Å². The van der Waals surface area contributed by atoms with Crippen LogP contribution in [0.4, 0.5) is 0 Å². The number of nitrogens with one attached hydrogen (secondary N) is 1. The van der Waals surface area contributed by atoms with E-state index in [4.69, 9.17) is 14.2 Å². The predicted octanol–water partition coefficient (Wildman–Crippen LogP) is 4.40. The summed E-state index contributed by atoms with van der Waals surface area (Å²) in [5.74, 6) is 1.39. The van der Waals surface area contributed by atoms with Gasteiger partial charge in [0.15, 0.2) is 11.5 Å². The summed E-state index contributed by atoms with van der Waals surface area (Å²) in [5, 5.41) is 4.02. The second kappa shape index (κ2) is 10.1. The number of rotatable bonds is 8. The molecule has 1 aliphatic heterocycles. The Morgan fingerprint density at radius 2 is 1.61 bits per heavy atom. The zero-order valence-electron chi connectivity index (χ0n) is 22.0. The molecule has 0 fully saturated rings. The van der Waals surface area contributed by atoms with Crippen molar-refractivity contribution in [1.82, 2.24) is 14.8 Å². The minimum atomic E-state index is -1.17. The first-order valence-electron chi connectivity index (χ1n) is 12.4. The van der Waals surface area contributed by atoms with Crippen LogP contribution >= 0.6 is 0 Å². The van der Waals surface area contributed by atoms with Crippen LogP contribution in [0.15, 0.2) is 72.8 Å². The fraction of sp³-hybridized carbons (Fsp3) is 0.267. The minimum absolute atomic E-state index is 0.211. The van der Waals surface area contributed by atoms with E-state index in [0.29, 0.717) is 29.5 Å². The molecule has 196 valence electrons. The summed E-state index contributed by atoms with van der Waals surface area (Å²) in [7, 11) is 4.75. The molecule has 0 spiro atoms. The number of ether oxygens (including phenoxy) is 3. The van der Waals surface area contributed by atoms with E-state index < -0.39 is 5.54 Å². The Labute approximate surface area is 221 Å². The summed E-state index contributed by atoms with van der Waals surface area (Å²) in [6, 6.07) is 22.8. The fourth-order valence-corrected chi connectivity index (χ4v) is 5.13. The lowest BCUT2D eigenvalue weighted by Gasteiger charge is -2.44. The van der Waals surface area contributed by atoms with Crippen molar-refractivity contribution in [2.45, 2.75) is 32.1 Å². The first kappa shape index (κ1) is 25.2. The SMILES string of the molecule is COc1ccccc1CNC(=O)[C@@]1(C)Cn2c(cc3ccccc32)C(=O)N1Cc1ccc(OC)c(OC)c1. The highest BCUT2D eigenvalue weighted by molar-refractivity contribution is 6.03. The monoisotopic (exact) mass is 513 g/mol. The molecule has 0 saturated heterocycles. The van der Waals surface area contributed by atoms with Crippen molar-refractivity contribution < 1.29 is 23.8 Å². The van der Waals surface area contributed by atoms with Crippen LogP contribution in [0.3, 0.4) is 0 Å². The molecule has 0 aliphatic carbocycles. The summed E-state index contributed by atoms with van der Waals surface area (Å²) in [6.07, 6.45) is 0. The Bertz CT molecular complexity index is 1510. The number of nitrogens with zero attached hydrogens (tertiary/aromatic N) is 2. The topological polar surface area (TPSA) is 82.0 Å². The molecule has 8 nitrogen and oxygen atoms in total. The van der Waals surface area contributed by atoms with Gasteiger partial charge in [0, 0.05) is 29.6 Å². The number of methoxy groups -OCH3 is 3. The number of fused-ring (bicyclic) bond motifs is 3. The first-order valence-corrected chi connectivity index (χ1v) is 12.4. The summed E-state index contributed by atoms with van der Waals surface area (Å²) in [6.45, 7) is 2.63. The average Bonchev–Trinajstić information content (AvgIpc) is 3.32. The number of para-hydroxylation sites is 2. The first-order chi connectivity index (χ1) is 18.4. The zero-order valence-corrected chi connectivity index (χ0v) is 22.0. The van der Waals surface area contributed by atoms with Crippen LogP contribution in [0, 0.1) is 0 Å². The van der Waals surface area contributed by atoms with Gasteiger partial charge in [0.25, 0.3) is 5.91 Å². The van der Waals surface area contributed by atoms with E-state index >= 15 is 0 Å². The molecule has 1 atom stereocenters. The van der Waals surface area contributed by atoms with E-state index in [1.54, 1.807) is 32.3 Å². The smallest absolute Gasteiger partial charge is 0.271 e. The maximum atomic E-state index is 14.0. The summed E-state index contributed by atoms with van der Waals surface area (Å²) >= 11 is 0. The van der Waals surface area contributed by atoms with Crippen LogP contribution in [0.2, 0.25) is 0 Å². The molecule has 1 aromatic heterocycles. The molecule has 38 heavy (non-hydrogen) atoms. The van der Waals surface area contributed by atoms with Crippen molar-refractivity contribution >= 4 is 22.7 Å². The third-order valence-corrected chi connectivity index (χ3v) is 7.25. The van der Waals surface area contributed by atoms with Gasteiger partial charge in [0.1, 0.15) is 17.0 Å². The normalized spacial score (nSPS) is 16.7. The summed E-state index contributed by atoms with van der Waals surface area (Å²) < 4.78 is 18.2. The van der Waals surface area contributed by atoms with Crippen molar-refractivity contribution in [1.29, 1.82) is 0 Å². The Hall–Kier alpha value is -4.46. The molecule has 1 N–H and O–H groups in total.